The van der Waals surface area contributed by atoms with Gasteiger partial charge in [0.05, 0.1) is 0 Å². The highest BCUT2D eigenvalue weighted by molar-refractivity contribution is 5.91. The molecule has 5 aromatic rings. The number of hydrogen-bond acceptors (Lipinski definition) is 2. The Morgan fingerprint density at radius 2 is 1.92 bits per heavy atom. The number of pyridine rings is 1. The molecule has 0 amide bonds. The van der Waals surface area contributed by atoms with Crippen molar-refractivity contribution in [3.63, 3.8) is 0 Å². The van der Waals surface area contributed by atoms with E-state index in [0.717, 1.165) is 33.5 Å². The molecule has 2 aromatic carbocycles. The summed E-state index contributed by atoms with van der Waals surface area (Å²) in [5, 5.41) is 1.22. The van der Waals surface area contributed by atoms with Crippen molar-refractivity contribution in [2.24, 2.45) is 0 Å². The zero-order chi connectivity index (χ0) is 16.8. The molecule has 0 aliphatic heterocycles. The Kier molecular flexibility index (Phi) is 3.01. The maximum absolute atomic E-state index is 6.00. The fourth-order valence-corrected chi connectivity index (χ4v) is 3.31. The Hall–Kier alpha value is -3.33. The van der Waals surface area contributed by atoms with Crippen molar-refractivity contribution in [1.82, 2.24) is 9.97 Å². The van der Waals surface area contributed by atoms with Gasteiger partial charge in [0.2, 0.25) is 0 Å². The summed E-state index contributed by atoms with van der Waals surface area (Å²) < 4.78 is 6.00. The molecule has 0 fully saturated rings. The van der Waals surface area contributed by atoms with Crippen LogP contribution in [0.25, 0.3) is 44.5 Å². The molecule has 1 radical (unpaired) electrons. The van der Waals surface area contributed by atoms with Gasteiger partial charge in [0.15, 0.2) is 5.58 Å². The van der Waals surface area contributed by atoms with Crippen LogP contribution in [0.4, 0.5) is 0 Å². The maximum atomic E-state index is 6.00. The summed E-state index contributed by atoms with van der Waals surface area (Å²) in [6.45, 7) is 2.13. The van der Waals surface area contributed by atoms with Gasteiger partial charge in [-0.15, -0.1) is 0 Å². The second-order valence-electron chi connectivity index (χ2n) is 6.16. The van der Waals surface area contributed by atoms with Crippen LogP contribution in [0.3, 0.4) is 0 Å². The fourth-order valence-electron chi connectivity index (χ4n) is 3.31. The number of H-pyrrole nitrogens is 1. The molecule has 0 unspecified atom stereocenters. The van der Waals surface area contributed by atoms with Gasteiger partial charge in [-0.3, -0.25) is 4.98 Å². The molecule has 25 heavy (non-hydrogen) atoms. The molecular weight excluding hydrogens is 308 g/mol. The molecule has 3 heteroatoms. The smallest absolute Gasteiger partial charge is 0.161 e. The van der Waals surface area contributed by atoms with Gasteiger partial charge in [0, 0.05) is 46.6 Å². The van der Waals surface area contributed by atoms with Crippen molar-refractivity contribution < 1.29 is 4.42 Å². The average Bonchev–Trinajstić information content (AvgIpc) is 3.29. The molecule has 0 bridgehead atoms. The number of fused-ring (bicyclic) bond motifs is 2. The van der Waals surface area contributed by atoms with Crippen LogP contribution in [0.1, 0.15) is 5.56 Å². The Morgan fingerprint density at radius 3 is 2.80 bits per heavy atom. The zero-order valence-corrected chi connectivity index (χ0v) is 13.7. The van der Waals surface area contributed by atoms with E-state index in [-0.39, 0.29) is 0 Å². The zero-order valence-electron chi connectivity index (χ0n) is 13.7. The summed E-state index contributed by atoms with van der Waals surface area (Å²) in [5.41, 5.74) is 6.97. The van der Waals surface area contributed by atoms with Crippen LogP contribution >= 0.6 is 0 Å². The normalized spacial score (nSPS) is 11.4. The van der Waals surface area contributed by atoms with E-state index in [4.69, 9.17) is 4.42 Å². The van der Waals surface area contributed by atoms with Gasteiger partial charge >= 0.3 is 0 Å². The summed E-state index contributed by atoms with van der Waals surface area (Å²) in [4.78, 5) is 7.83. The quantitative estimate of drug-likeness (QED) is 0.449. The summed E-state index contributed by atoms with van der Waals surface area (Å²) in [6.07, 6.45) is 3.83. The lowest BCUT2D eigenvalue weighted by Gasteiger charge is -2.06. The monoisotopic (exact) mass is 323 g/mol. The van der Waals surface area contributed by atoms with Crippen molar-refractivity contribution in [2.45, 2.75) is 6.92 Å². The minimum atomic E-state index is 0.685. The molecule has 0 spiro atoms. The van der Waals surface area contributed by atoms with E-state index in [2.05, 4.69) is 41.2 Å². The molecule has 0 atom stereocenters. The third-order valence-electron chi connectivity index (χ3n) is 4.65. The number of furan rings is 1. The van der Waals surface area contributed by atoms with E-state index < -0.39 is 0 Å². The molecule has 0 saturated carbocycles. The molecule has 119 valence electrons. The second-order valence-corrected chi connectivity index (χ2v) is 6.16. The van der Waals surface area contributed by atoms with Crippen LogP contribution in [0.2, 0.25) is 0 Å². The first-order chi connectivity index (χ1) is 12.3. The predicted molar refractivity (Wildman–Crippen MR) is 100 cm³/mol. The van der Waals surface area contributed by atoms with Crippen LogP contribution in [0, 0.1) is 13.0 Å². The number of nitrogens with zero attached hydrogens (tertiary/aromatic N) is 1. The van der Waals surface area contributed by atoms with Crippen LogP contribution in [0.5, 0.6) is 0 Å². The first-order valence-electron chi connectivity index (χ1n) is 8.24. The van der Waals surface area contributed by atoms with E-state index in [9.17, 15) is 0 Å². The standard InChI is InChI=1S/C22H15N2O/c1-14-17(7-8-19-18(14)9-10-23-19)16-11-22-20(24-13-16)12-21(25-22)15-5-3-2-4-6-15/h2-10,12-13,23H,1H3. The lowest BCUT2D eigenvalue weighted by Crippen LogP contribution is -1.86. The Bertz CT molecular complexity index is 1200. The lowest BCUT2D eigenvalue weighted by molar-refractivity contribution is 0.630. The van der Waals surface area contributed by atoms with Crippen molar-refractivity contribution in [1.29, 1.82) is 0 Å². The largest absolute Gasteiger partial charge is 0.454 e. The third kappa shape index (κ3) is 2.24. The molecule has 0 aliphatic carbocycles. The van der Waals surface area contributed by atoms with E-state index >= 15 is 0 Å². The van der Waals surface area contributed by atoms with Crippen LogP contribution in [-0.2, 0) is 0 Å². The summed E-state index contributed by atoms with van der Waals surface area (Å²) in [7, 11) is 0. The van der Waals surface area contributed by atoms with Gasteiger partial charge in [-0.1, -0.05) is 36.4 Å². The number of aryl methyl sites for hydroxylation is 1. The minimum absolute atomic E-state index is 0.685. The first-order valence-corrected chi connectivity index (χ1v) is 8.24. The highest BCUT2D eigenvalue weighted by Crippen LogP contribution is 2.32. The number of nitrogens with one attached hydrogen (secondary N) is 1. The molecule has 1 N–H and O–H groups in total. The molecule has 0 aliphatic rings. The molecule has 5 rings (SSSR count). The topological polar surface area (TPSA) is 41.8 Å². The fraction of sp³-hybridized carbons (Fsp3) is 0.0455. The number of aromatic nitrogens is 2. The van der Waals surface area contributed by atoms with Gasteiger partial charge in [-0.2, -0.15) is 0 Å². The molecule has 3 nitrogen and oxygen atoms in total. The predicted octanol–water partition coefficient (Wildman–Crippen LogP) is 5.75. The number of benzene rings is 2. The number of hydrogen-bond donors (Lipinski definition) is 1. The van der Waals surface area contributed by atoms with Crippen LogP contribution < -0.4 is 0 Å². The van der Waals surface area contributed by atoms with Crippen LogP contribution in [-0.4, -0.2) is 9.97 Å². The molecule has 3 heterocycles. The Morgan fingerprint density at radius 1 is 1.04 bits per heavy atom. The van der Waals surface area contributed by atoms with Gasteiger partial charge < -0.3 is 9.40 Å². The average molecular weight is 323 g/mol. The van der Waals surface area contributed by atoms with E-state index in [1.807, 2.05) is 48.8 Å². The summed E-state index contributed by atoms with van der Waals surface area (Å²) in [5.74, 6) is 0.814. The van der Waals surface area contributed by atoms with Crippen molar-refractivity contribution >= 4 is 22.0 Å². The van der Waals surface area contributed by atoms with Crippen molar-refractivity contribution in [3.8, 4) is 22.5 Å². The maximum Gasteiger partial charge on any atom is 0.161 e. The van der Waals surface area contributed by atoms with E-state index in [1.165, 1.54) is 10.9 Å². The van der Waals surface area contributed by atoms with E-state index in [1.54, 1.807) is 0 Å². The van der Waals surface area contributed by atoms with Gasteiger partial charge in [0.25, 0.3) is 0 Å². The summed E-state index contributed by atoms with van der Waals surface area (Å²) >= 11 is 0. The Balaban J connectivity index is 1.65. The number of aromatic amines is 1. The van der Waals surface area contributed by atoms with Crippen molar-refractivity contribution in [3.05, 3.63) is 78.6 Å². The highest BCUT2D eigenvalue weighted by atomic mass is 16.3. The molecular formula is C22H15N2O. The second kappa shape index (κ2) is 5.35. The third-order valence-corrected chi connectivity index (χ3v) is 4.65. The van der Waals surface area contributed by atoms with Crippen LogP contribution in [0.15, 0.2) is 71.4 Å². The Labute approximate surface area is 144 Å². The lowest BCUT2D eigenvalue weighted by atomic mass is 9.99. The minimum Gasteiger partial charge on any atom is -0.454 e. The first kappa shape index (κ1) is 14.1. The van der Waals surface area contributed by atoms with Crippen molar-refractivity contribution in [2.75, 3.05) is 0 Å². The summed E-state index contributed by atoms with van der Waals surface area (Å²) in [6, 6.07) is 21.7. The van der Waals surface area contributed by atoms with E-state index in [0.29, 0.717) is 5.58 Å². The number of rotatable bonds is 2. The van der Waals surface area contributed by atoms with Gasteiger partial charge in [-0.05, 0) is 30.2 Å². The SMILES string of the molecule is Cc1c(-c2[c]c3oc(-c4ccccc4)cc3nc2)ccc2[nH]ccc12. The molecule has 0 saturated heterocycles. The molecule has 3 aromatic heterocycles. The highest BCUT2D eigenvalue weighted by Gasteiger charge is 2.12. The van der Waals surface area contributed by atoms with Gasteiger partial charge in [0.1, 0.15) is 11.3 Å². The van der Waals surface area contributed by atoms with Gasteiger partial charge in [-0.25, -0.2) is 0 Å².